The van der Waals surface area contributed by atoms with Crippen molar-refractivity contribution in [3.05, 3.63) is 0 Å². The lowest BCUT2D eigenvalue weighted by Crippen LogP contribution is -1.49. The molecule has 0 spiro atoms. The Morgan fingerprint density at radius 2 is 2.80 bits per heavy atom. The van der Waals surface area contributed by atoms with Gasteiger partial charge in [0.25, 0.3) is 0 Å². The van der Waals surface area contributed by atoms with Gasteiger partial charge in [-0.3, -0.25) is 0 Å². The highest BCUT2D eigenvalue weighted by atomic mass is 31.1. The summed E-state index contributed by atoms with van der Waals surface area (Å²) in [5.41, 5.74) is 0. The molecule has 0 atom stereocenters. The summed E-state index contributed by atoms with van der Waals surface area (Å²) in [6.07, 6.45) is 0. The lowest BCUT2D eigenvalue weighted by atomic mass is 11.0. The molecular weight excluding hydrogens is 98.0 g/mol. The van der Waals surface area contributed by atoms with Gasteiger partial charge in [0.15, 0.2) is 0 Å². The molecule has 1 aliphatic heterocycles. The maximum Gasteiger partial charge on any atom is 0.0322 e. The summed E-state index contributed by atoms with van der Waals surface area (Å²) in [6, 6.07) is 0. The second-order valence-corrected chi connectivity index (χ2v) is 3.07. The van der Waals surface area contributed by atoms with Crippen molar-refractivity contribution in [1.82, 2.24) is 0 Å². The van der Waals surface area contributed by atoms with Gasteiger partial charge in [-0.2, -0.15) is 0 Å². The summed E-state index contributed by atoms with van der Waals surface area (Å²) in [4.78, 5) is 0. The first-order valence-corrected chi connectivity index (χ1v) is 3.63. The highest BCUT2D eigenvalue weighted by Crippen LogP contribution is 2.10. The molecule has 0 aromatic heterocycles. The molecular formula is C3H3P2. The van der Waals surface area contributed by atoms with Gasteiger partial charge in [0.1, 0.15) is 0 Å². The summed E-state index contributed by atoms with van der Waals surface area (Å²) < 4.78 is 0. The number of rotatable bonds is 0. The van der Waals surface area contributed by atoms with Crippen LogP contribution in [-0.4, -0.2) is 17.5 Å². The summed E-state index contributed by atoms with van der Waals surface area (Å²) >= 11 is 0. The predicted octanol–water partition coefficient (Wildman–Crippen LogP) is 1.33. The molecule has 0 unspecified atom stereocenters. The minimum Gasteiger partial charge on any atom is -0.0944 e. The molecule has 1 heterocycles. The van der Waals surface area contributed by atoms with E-state index in [1.807, 2.05) is 0 Å². The van der Waals surface area contributed by atoms with Crippen LogP contribution < -0.4 is 0 Å². The SMILES string of the molecule is [C]1=PCP=C1. The van der Waals surface area contributed by atoms with E-state index < -0.39 is 0 Å². The lowest BCUT2D eigenvalue weighted by molar-refractivity contribution is 2.31. The molecule has 5 heavy (non-hydrogen) atoms. The second-order valence-electron chi connectivity index (χ2n) is 0.740. The van der Waals surface area contributed by atoms with E-state index >= 15 is 0 Å². The molecule has 0 saturated heterocycles. The minimum atomic E-state index is 1.28. The van der Waals surface area contributed by atoms with Gasteiger partial charge in [-0.05, 0) is 5.80 Å². The van der Waals surface area contributed by atoms with E-state index in [1.165, 1.54) is 22.3 Å². The fourth-order valence-electron chi connectivity index (χ4n) is 0.204. The zero-order chi connectivity index (χ0) is 3.54. The standard InChI is InChI=1S/C3H3P2/c1-2-5-3-4-1/h1H,3H2. The highest BCUT2D eigenvalue weighted by molar-refractivity contribution is 7.64. The van der Waals surface area contributed by atoms with E-state index in [2.05, 4.69) is 11.6 Å². The molecule has 1 radical (unpaired) electrons. The molecule has 0 bridgehead atoms. The second kappa shape index (κ2) is 1.70. The van der Waals surface area contributed by atoms with Gasteiger partial charge in [0.2, 0.25) is 0 Å². The Morgan fingerprint density at radius 1 is 1.80 bits per heavy atom. The van der Waals surface area contributed by atoms with Crippen molar-refractivity contribution in [2.24, 2.45) is 0 Å². The molecule has 0 nitrogen and oxygen atoms in total. The molecule has 0 fully saturated rings. The van der Waals surface area contributed by atoms with E-state index in [4.69, 9.17) is 0 Å². The predicted molar refractivity (Wildman–Crippen MR) is 29.8 cm³/mol. The summed E-state index contributed by atoms with van der Waals surface area (Å²) in [6.45, 7) is 0. The van der Waals surface area contributed by atoms with E-state index in [-0.39, 0.29) is 0 Å². The molecule has 1 aliphatic rings. The third-order valence-electron chi connectivity index (χ3n) is 0.393. The van der Waals surface area contributed by atoms with E-state index in [9.17, 15) is 0 Å². The summed E-state index contributed by atoms with van der Waals surface area (Å²) in [5, 5.41) is 0. The molecule has 0 aromatic carbocycles. The van der Waals surface area contributed by atoms with Crippen LogP contribution in [0.3, 0.4) is 0 Å². The van der Waals surface area contributed by atoms with Crippen LogP contribution in [0.5, 0.6) is 0 Å². The fourth-order valence-corrected chi connectivity index (χ4v) is 1.84. The third-order valence-corrected chi connectivity index (χ3v) is 2.44. The monoisotopic (exact) mass is 101 g/mol. The minimum absolute atomic E-state index is 1.28. The van der Waals surface area contributed by atoms with Crippen molar-refractivity contribution in [2.45, 2.75) is 0 Å². The Bertz CT molecular complexity index is 63.0. The van der Waals surface area contributed by atoms with Crippen molar-refractivity contribution in [3.8, 4) is 0 Å². The van der Waals surface area contributed by atoms with Crippen molar-refractivity contribution in [2.75, 3.05) is 5.90 Å². The molecule has 0 N–H and O–H groups in total. The summed E-state index contributed by atoms with van der Waals surface area (Å²) in [7, 11) is 2.82. The van der Waals surface area contributed by atoms with Gasteiger partial charge < -0.3 is 0 Å². The molecule has 0 amide bonds. The quantitative estimate of drug-likeness (QED) is 0.404. The largest absolute Gasteiger partial charge is 0.0944 e. The Hall–Kier alpha value is 0.340. The zero-order valence-corrected chi connectivity index (χ0v) is 4.47. The number of hydrogen-bond acceptors (Lipinski definition) is 0. The Balaban J connectivity index is 2.61. The van der Waals surface area contributed by atoms with Crippen LogP contribution in [0.25, 0.3) is 0 Å². The lowest BCUT2D eigenvalue weighted by Gasteiger charge is -1.55. The third kappa shape index (κ3) is 0.833. The molecule has 0 aromatic rings. The van der Waals surface area contributed by atoms with Crippen LogP contribution in [0, 0.1) is 0 Å². The topological polar surface area (TPSA) is 0 Å². The van der Waals surface area contributed by atoms with E-state index in [0.717, 1.165) is 0 Å². The maximum atomic E-state index is 3.06. The molecule has 0 aliphatic carbocycles. The van der Waals surface area contributed by atoms with Crippen molar-refractivity contribution >= 4 is 28.0 Å². The first-order valence-electron chi connectivity index (χ1n) is 1.40. The molecule has 0 saturated carbocycles. The first kappa shape index (κ1) is 3.53. The van der Waals surface area contributed by atoms with Crippen molar-refractivity contribution < 1.29 is 0 Å². The summed E-state index contributed by atoms with van der Waals surface area (Å²) in [5.74, 6) is 6.41. The van der Waals surface area contributed by atoms with Crippen LogP contribution in [0.4, 0.5) is 0 Å². The molecule has 2 heteroatoms. The highest BCUT2D eigenvalue weighted by Gasteiger charge is 1.75. The normalized spacial score (nSPS) is 24.0. The van der Waals surface area contributed by atoms with Gasteiger partial charge in [-0.1, -0.05) is 16.4 Å². The van der Waals surface area contributed by atoms with E-state index in [0.29, 0.717) is 0 Å². The van der Waals surface area contributed by atoms with Crippen LogP contribution in [-0.2, 0) is 0 Å². The van der Waals surface area contributed by atoms with Crippen LogP contribution in [0.2, 0.25) is 0 Å². The van der Waals surface area contributed by atoms with Gasteiger partial charge in [0, 0.05) is 11.7 Å². The van der Waals surface area contributed by atoms with Crippen molar-refractivity contribution in [3.63, 3.8) is 0 Å². The maximum absolute atomic E-state index is 3.06. The van der Waals surface area contributed by atoms with Gasteiger partial charge in [-0.15, -0.1) is 0 Å². The Morgan fingerprint density at radius 3 is 3.00 bits per heavy atom. The van der Waals surface area contributed by atoms with Gasteiger partial charge in [0.05, 0.1) is 0 Å². The molecule has 1 rings (SSSR count). The smallest absolute Gasteiger partial charge is 0.0322 e. The Labute approximate surface area is 34.8 Å². The Kier molecular flexibility index (Phi) is 1.20. The van der Waals surface area contributed by atoms with Gasteiger partial charge >= 0.3 is 0 Å². The average Bonchev–Trinajstić information content (AvgIpc) is 1.76. The molecule has 25 valence electrons. The fraction of sp³-hybridized carbons (Fsp3) is 0.333. The number of hydrogen-bond donors (Lipinski definition) is 0. The zero-order valence-electron chi connectivity index (χ0n) is 2.68. The van der Waals surface area contributed by atoms with Crippen LogP contribution in [0.1, 0.15) is 0 Å². The van der Waals surface area contributed by atoms with Crippen molar-refractivity contribution in [1.29, 1.82) is 0 Å². The average molecular weight is 101 g/mol. The van der Waals surface area contributed by atoms with E-state index in [1.54, 1.807) is 0 Å². The first-order chi connectivity index (χ1) is 2.50. The van der Waals surface area contributed by atoms with Crippen LogP contribution in [0.15, 0.2) is 0 Å². The van der Waals surface area contributed by atoms with Crippen LogP contribution >= 0.6 is 16.4 Å². The van der Waals surface area contributed by atoms with Gasteiger partial charge in [-0.25, -0.2) is 0 Å².